The molecule has 4 rings (SSSR count). The summed E-state index contributed by atoms with van der Waals surface area (Å²) in [5, 5.41) is 23.0. The number of nitrogens with one attached hydrogen (secondary N) is 2. The van der Waals surface area contributed by atoms with Gasteiger partial charge in [-0.25, -0.2) is 14.4 Å². The predicted molar refractivity (Wildman–Crippen MR) is 172 cm³/mol. The Hall–Kier alpha value is -3.89. The van der Waals surface area contributed by atoms with E-state index in [0.29, 0.717) is 9.15 Å². The van der Waals surface area contributed by atoms with Crippen LogP contribution >= 0.6 is 27.5 Å². The Labute approximate surface area is 291 Å². The minimum absolute atomic E-state index is 0.0363. The van der Waals surface area contributed by atoms with Crippen molar-refractivity contribution in [1.29, 1.82) is 0 Å². The average molecular weight is 761 g/mol. The number of hydrogen-bond donors (Lipinski definition) is 3. The van der Waals surface area contributed by atoms with Crippen molar-refractivity contribution in [1.82, 2.24) is 40.2 Å². The van der Waals surface area contributed by atoms with Gasteiger partial charge in [0.05, 0.1) is 29.5 Å². The van der Waals surface area contributed by atoms with Crippen LogP contribution in [0.3, 0.4) is 0 Å². The third-order valence-corrected chi connectivity index (χ3v) is 7.98. The van der Waals surface area contributed by atoms with Crippen molar-refractivity contribution in [2.45, 2.75) is 70.4 Å². The summed E-state index contributed by atoms with van der Waals surface area (Å²) >= 11 is 9.19. The van der Waals surface area contributed by atoms with Crippen molar-refractivity contribution in [2.24, 2.45) is 6.98 Å². The molecule has 0 fully saturated rings. The normalized spacial score (nSPS) is 14.2. The standard InChI is InChI=1S/C31H34BrClF4N8O3/c1-29(2,16-45-23(11-24(43-45)31(35,36)37)18-13-38-28(39-14-18)30(3,4)48)42-26(46)22(10-17-12-40-44(5)15-17)41-27(47)25-19(8-9-33)20(32)6-7-21(25)34/h6-7,11-15,22,48H,8-10,16H2,1-5H3,(H,41,47)(H,42,46)/t22-/m1/s1/i5D3. The molecule has 0 aliphatic heterocycles. The van der Waals surface area contributed by atoms with Gasteiger partial charge in [0, 0.05) is 52.0 Å². The minimum atomic E-state index is -4.82. The average Bonchev–Trinajstić information content (AvgIpc) is 3.65. The van der Waals surface area contributed by atoms with E-state index in [2.05, 4.69) is 46.7 Å². The highest BCUT2D eigenvalue weighted by atomic mass is 79.9. The number of hydrogen-bond acceptors (Lipinski definition) is 7. The predicted octanol–water partition coefficient (Wildman–Crippen LogP) is 4.94. The molecule has 3 N–H and O–H groups in total. The van der Waals surface area contributed by atoms with Crippen LogP contribution in [0.1, 0.15) is 64.8 Å². The zero-order valence-corrected chi connectivity index (χ0v) is 28.5. The van der Waals surface area contributed by atoms with Gasteiger partial charge in [-0.3, -0.25) is 19.0 Å². The van der Waals surface area contributed by atoms with Crippen LogP contribution in [-0.4, -0.2) is 63.9 Å². The number of benzene rings is 1. The molecule has 0 spiro atoms. The Kier molecular flexibility index (Phi) is 9.73. The Bertz CT molecular complexity index is 1890. The highest BCUT2D eigenvalue weighted by molar-refractivity contribution is 9.10. The Morgan fingerprint density at radius 3 is 2.42 bits per heavy atom. The van der Waals surface area contributed by atoms with Crippen molar-refractivity contribution >= 4 is 39.3 Å². The van der Waals surface area contributed by atoms with E-state index in [0.717, 1.165) is 16.8 Å². The van der Waals surface area contributed by atoms with Gasteiger partial charge in [-0.15, -0.1) is 11.6 Å². The number of halogens is 6. The molecule has 1 atom stereocenters. The van der Waals surface area contributed by atoms with E-state index in [-0.39, 0.29) is 59.0 Å². The number of aromatic nitrogens is 6. The molecule has 48 heavy (non-hydrogen) atoms. The molecule has 4 aromatic rings. The number of carbonyl (C=O) groups is 2. The van der Waals surface area contributed by atoms with Crippen LogP contribution in [0.2, 0.25) is 0 Å². The maximum atomic E-state index is 15.1. The monoisotopic (exact) mass is 759 g/mol. The molecule has 17 heteroatoms. The van der Waals surface area contributed by atoms with Gasteiger partial charge in [0.1, 0.15) is 17.5 Å². The van der Waals surface area contributed by atoms with Gasteiger partial charge in [-0.05, 0) is 63.4 Å². The molecule has 0 radical (unpaired) electrons. The van der Waals surface area contributed by atoms with E-state index < -0.39 is 53.7 Å². The van der Waals surface area contributed by atoms with Gasteiger partial charge in [0.2, 0.25) is 5.91 Å². The van der Waals surface area contributed by atoms with Gasteiger partial charge in [-0.1, -0.05) is 15.9 Å². The van der Waals surface area contributed by atoms with Crippen molar-refractivity contribution in [3.05, 3.63) is 81.5 Å². The maximum absolute atomic E-state index is 15.1. The van der Waals surface area contributed by atoms with E-state index in [4.69, 9.17) is 15.7 Å². The van der Waals surface area contributed by atoms with E-state index in [9.17, 15) is 27.9 Å². The zero-order valence-electron chi connectivity index (χ0n) is 29.2. The number of aliphatic hydroxyl groups is 1. The number of aryl methyl sites for hydroxylation is 1. The molecule has 2 amide bonds. The summed E-state index contributed by atoms with van der Waals surface area (Å²) < 4.78 is 81.4. The summed E-state index contributed by atoms with van der Waals surface area (Å²) in [5.41, 5.74) is -3.73. The highest BCUT2D eigenvalue weighted by Crippen LogP contribution is 2.32. The second kappa shape index (κ2) is 14.3. The molecule has 258 valence electrons. The molecule has 0 aliphatic rings. The lowest BCUT2D eigenvalue weighted by molar-refractivity contribution is -0.141. The molecular weight excluding hydrogens is 724 g/mol. The van der Waals surface area contributed by atoms with Gasteiger partial charge in [-0.2, -0.15) is 23.4 Å². The Morgan fingerprint density at radius 1 is 1.15 bits per heavy atom. The molecule has 0 unspecified atom stereocenters. The zero-order chi connectivity index (χ0) is 38.1. The summed E-state index contributed by atoms with van der Waals surface area (Å²) in [6, 6.07) is 1.83. The van der Waals surface area contributed by atoms with Crippen LogP contribution in [0.5, 0.6) is 0 Å². The van der Waals surface area contributed by atoms with E-state index in [1.807, 2.05) is 0 Å². The molecule has 0 aliphatic carbocycles. The summed E-state index contributed by atoms with van der Waals surface area (Å²) in [4.78, 5) is 35.6. The Balaban J connectivity index is 1.67. The number of amides is 2. The van der Waals surface area contributed by atoms with Crippen molar-refractivity contribution in [3.8, 4) is 11.3 Å². The summed E-state index contributed by atoms with van der Waals surface area (Å²) in [6.45, 7) is 2.96. The smallest absolute Gasteiger partial charge is 0.382 e. The van der Waals surface area contributed by atoms with Crippen molar-refractivity contribution in [2.75, 3.05) is 5.88 Å². The first-order valence-corrected chi connectivity index (χ1v) is 15.7. The van der Waals surface area contributed by atoms with E-state index >= 15 is 4.39 Å². The quantitative estimate of drug-likeness (QED) is 0.137. The topological polar surface area (TPSA) is 140 Å². The van der Waals surface area contributed by atoms with Gasteiger partial charge < -0.3 is 15.7 Å². The minimum Gasteiger partial charge on any atom is -0.382 e. The summed E-state index contributed by atoms with van der Waals surface area (Å²) in [6.07, 6.45) is -0.157. The molecule has 1 aromatic carbocycles. The fraction of sp³-hybridized carbons (Fsp3) is 0.419. The maximum Gasteiger partial charge on any atom is 0.435 e. The van der Waals surface area contributed by atoms with Gasteiger partial charge in [0.25, 0.3) is 5.91 Å². The molecule has 0 saturated heterocycles. The van der Waals surface area contributed by atoms with Crippen molar-refractivity contribution < 1.29 is 36.4 Å². The summed E-state index contributed by atoms with van der Waals surface area (Å²) in [5.74, 6) is -2.58. The highest BCUT2D eigenvalue weighted by Gasteiger charge is 2.37. The largest absolute Gasteiger partial charge is 0.435 e. The van der Waals surface area contributed by atoms with Crippen LogP contribution in [0.15, 0.2) is 47.5 Å². The number of alkyl halides is 4. The fourth-order valence-corrected chi connectivity index (χ4v) is 5.56. The van der Waals surface area contributed by atoms with Gasteiger partial charge >= 0.3 is 6.18 Å². The lowest BCUT2D eigenvalue weighted by Gasteiger charge is -2.30. The summed E-state index contributed by atoms with van der Waals surface area (Å²) in [7, 11) is 0. The SMILES string of the molecule is [2H]C([2H])([2H])n1cc(C[C@@H](NC(=O)c2c(F)ccc(Br)c2CCCl)C(=O)NC(C)(C)Cn2nc(C(F)(F)F)cc2-c2cnc(C(C)(C)O)nc2)cn1. The first-order chi connectivity index (χ1) is 23.5. The van der Waals surface area contributed by atoms with Crippen molar-refractivity contribution in [3.63, 3.8) is 0 Å². The lowest BCUT2D eigenvalue weighted by Crippen LogP contribution is -2.55. The first-order valence-electron chi connectivity index (χ1n) is 15.9. The van der Waals surface area contributed by atoms with Crippen LogP contribution in [0, 0.1) is 5.82 Å². The molecular formula is C31H34BrClF4N8O3. The number of carbonyl (C=O) groups excluding carboxylic acids is 2. The number of rotatable bonds is 12. The lowest BCUT2D eigenvalue weighted by atomic mass is 10.0. The van der Waals surface area contributed by atoms with Crippen LogP contribution in [0.4, 0.5) is 17.6 Å². The van der Waals surface area contributed by atoms with E-state index in [1.54, 1.807) is 0 Å². The van der Waals surface area contributed by atoms with Crippen LogP contribution < -0.4 is 10.6 Å². The third-order valence-electron chi connectivity index (χ3n) is 7.05. The van der Waals surface area contributed by atoms with E-state index in [1.165, 1.54) is 58.5 Å². The molecule has 11 nitrogen and oxygen atoms in total. The molecule has 3 heterocycles. The Morgan fingerprint density at radius 2 is 1.83 bits per heavy atom. The van der Waals surface area contributed by atoms with Crippen LogP contribution in [-0.2, 0) is 42.9 Å². The third kappa shape index (κ3) is 8.96. The van der Waals surface area contributed by atoms with Gasteiger partial charge in [0.15, 0.2) is 11.5 Å². The first kappa shape index (κ1) is 32.6. The second-order valence-electron chi connectivity index (χ2n) is 12.1. The molecule has 3 aromatic heterocycles. The number of nitrogens with zero attached hydrogens (tertiary/aromatic N) is 6. The fourth-order valence-electron chi connectivity index (χ4n) is 4.84. The van der Waals surface area contributed by atoms with Crippen LogP contribution in [0.25, 0.3) is 11.3 Å². The second-order valence-corrected chi connectivity index (χ2v) is 13.4. The molecule has 0 saturated carbocycles. The molecule has 0 bridgehead atoms.